The van der Waals surface area contributed by atoms with E-state index in [4.69, 9.17) is 9.73 Å². The predicted octanol–water partition coefficient (Wildman–Crippen LogP) is 4.21. The molecule has 0 aliphatic heterocycles. The van der Waals surface area contributed by atoms with E-state index in [1.54, 1.807) is 18.4 Å². The van der Waals surface area contributed by atoms with Crippen LogP contribution in [0.5, 0.6) is 5.75 Å². The summed E-state index contributed by atoms with van der Waals surface area (Å²) in [5.74, 6) is 0.870. The number of aromatic nitrogens is 1. The maximum atomic E-state index is 5.18. The molecular formula is C16H20N2OS. The molecule has 1 fully saturated rings. The van der Waals surface area contributed by atoms with Crippen molar-refractivity contribution in [1.29, 1.82) is 0 Å². The van der Waals surface area contributed by atoms with Crippen molar-refractivity contribution in [2.75, 3.05) is 7.11 Å². The highest BCUT2D eigenvalue weighted by atomic mass is 32.1. The van der Waals surface area contributed by atoms with Crippen LogP contribution in [0.4, 0.5) is 5.69 Å². The molecule has 3 nitrogen and oxygen atoms in total. The van der Waals surface area contributed by atoms with Crippen LogP contribution in [0.3, 0.4) is 0 Å². The second-order valence-corrected chi connectivity index (χ2v) is 6.11. The molecule has 106 valence electrons. The van der Waals surface area contributed by atoms with Gasteiger partial charge in [-0.05, 0) is 44.0 Å². The SMILES string of the molecule is COc1ccc(N=c2scc(C)n2C2CCCC2)cc1. The smallest absolute Gasteiger partial charge is 0.190 e. The summed E-state index contributed by atoms with van der Waals surface area (Å²) >= 11 is 1.73. The van der Waals surface area contributed by atoms with Crippen molar-refractivity contribution in [1.82, 2.24) is 4.57 Å². The van der Waals surface area contributed by atoms with Gasteiger partial charge in [-0.2, -0.15) is 0 Å². The highest BCUT2D eigenvalue weighted by Crippen LogP contribution is 2.30. The molecule has 1 aliphatic rings. The predicted molar refractivity (Wildman–Crippen MR) is 82.8 cm³/mol. The Balaban J connectivity index is 1.98. The molecule has 0 atom stereocenters. The molecule has 1 heterocycles. The van der Waals surface area contributed by atoms with E-state index in [0.29, 0.717) is 6.04 Å². The van der Waals surface area contributed by atoms with Crippen LogP contribution in [0.15, 0.2) is 34.6 Å². The Labute approximate surface area is 123 Å². The minimum Gasteiger partial charge on any atom is -0.497 e. The number of hydrogen-bond donors (Lipinski definition) is 0. The fourth-order valence-corrected chi connectivity index (χ4v) is 3.81. The Hall–Kier alpha value is -1.55. The van der Waals surface area contributed by atoms with E-state index in [9.17, 15) is 0 Å². The molecular weight excluding hydrogens is 268 g/mol. The highest BCUT2D eigenvalue weighted by Gasteiger charge is 2.19. The van der Waals surface area contributed by atoms with Gasteiger partial charge in [-0.25, -0.2) is 4.99 Å². The Morgan fingerprint density at radius 2 is 1.90 bits per heavy atom. The van der Waals surface area contributed by atoms with Crippen LogP contribution >= 0.6 is 11.3 Å². The van der Waals surface area contributed by atoms with Crippen LogP contribution in [-0.4, -0.2) is 11.7 Å². The number of hydrogen-bond acceptors (Lipinski definition) is 3. The van der Waals surface area contributed by atoms with Gasteiger partial charge < -0.3 is 9.30 Å². The second-order valence-electron chi connectivity index (χ2n) is 5.28. The van der Waals surface area contributed by atoms with Crippen LogP contribution in [0, 0.1) is 6.92 Å². The first-order valence-electron chi connectivity index (χ1n) is 7.13. The van der Waals surface area contributed by atoms with Gasteiger partial charge in [-0.3, -0.25) is 0 Å². The van der Waals surface area contributed by atoms with Gasteiger partial charge in [0, 0.05) is 17.1 Å². The van der Waals surface area contributed by atoms with E-state index in [-0.39, 0.29) is 0 Å². The molecule has 3 rings (SSSR count). The number of benzene rings is 1. The molecule has 0 saturated heterocycles. The van der Waals surface area contributed by atoms with Crippen molar-refractivity contribution in [2.45, 2.75) is 38.6 Å². The Bertz CT molecular complexity index is 633. The van der Waals surface area contributed by atoms with E-state index in [1.807, 2.05) is 24.3 Å². The van der Waals surface area contributed by atoms with Crippen LogP contribution in [0.2, 0.25) is 0 Å². The molecule has 1 aromatic carbocycles. The molecule has 0 amide bonds. The van der Waals surface area contributed by atoms with Crippen molar-refractivity contribution in [2.24, 2.45) is 4.99 Å². The normalized spacial score (nSPS) is 16.8. The van der Waals surface area contributed by atoms with E-state index in [0.717, 1.165) is 16.2 Å². The number of ether oxygens (including phenoxy) is 1. The zero-order valence-corrected chi connectivity index (χ0v) is 12.8. The quantitative estimate of drug-likeness (QED) is 0.831. The van der Waals surface area contributed by atoms with Gasteiger partial charge in [0.25, 0.3) is 0 Å². The van der Waals surface area contributed by atoms with Gasteiger partial charge in [0.15, 0.2) is 4.80 Å². The molecule has 1 saturated carbocycles. The molecule has 20 heavy (non-hydrogen) atoms. The minimum atomic E-state index is 0.637. The van der Waals surface area contributed by atoms with Crippen molar-refractivity contribution in [3.63, 3.8) is 0 Å². The topological polar surface area (TPSA) is 26.5 Å². The van der Waals surface area contributed by atoms with Crippen molar-refractivity contribution in [3.05, 3.63) is 40.1 Å². The van der Waals surface area contributed by atoms with Gasteiger partial charge in [-0.1, -0.05) is 12.8 Å². The van der Waals surface area contributed by atoms with Gasteiger partial charge in [0.05, 0.1) is 12.8 Å². The molecule has 0 unspecified atom stereocenters. The third-order valence-corrected chi connectivity index (χ3v) is 4.87. The molecule has 4 heteroatoms. The zero-order valence-electron chi connectivity index (χ0n) is 12.0. The third kappa shape index (κ3) is 2.66. The molecule has 1 aliphatic carbocycles. The summed E-state index contributed by atoms with van der Waals surface area (Å²) < 4.78 is 7.60. The number of aryl methyl sites for hydroxylation is 1. The fraction of sp³-hybridized carbons (Fsp3) is 0.438. The average molecular weight is 288 g/mol. The van der Waals surface area contributed by atoms with Crippen LogP contribution in [-0.2, 0) is 0 Å². The van der Waals surface area contributed by atoms with E-state index < -0.39 is 0 Å². The standard InChI is InChI=1S/C16H20N2OS/c1-12-11-20-16(18(12)14-5-3-4-6-14)17-13-7-9-15(19-2)10-8-13/h7-11,14H,3-6H2,1-2H3. The Morgan fingerprint density at radius 1 is 1.20 bits per heavy atom. The fourth-order valence-electron chi connectivity index (χ4n) is 2.86. The number of thiazole rings is 1. The summed E-state index contributed by atoms with van der Waals surface area (Å²) in [5, 5.41) is 2.21. The summed E-state index contributed by atoms with van der Waals surface area (Å²) in [6.45, 7) is 2.18. The largest absolute Gasteiger partial charge is 0.497 e. The minimum absolute atomic E-state index is 0.637. The van der Waals surface area contributed by atoms with Crippen molar-refractivity contribution >= 4 is 17.0 Å². The van der Waals surface area contributed by atoms with Crippen molar-refractivity contribution in [3.8, 4) is 5.75 Å². The third-order valence-electron chi connectivity index (χ3n) is 3.91. The molecule has 0 spiro atoms. The van der Waals surface area contributed by atoms with E-state index in [2.05, 4.69) is 16.9 Å². The first-order valence-corrected chi connectivity index (χ1v) is 8.01. The van der Waals surface area contributed by atoms with Crippen molar-refractivity contribution < 1.29 is 4.74 Å². The lowest BCUT2D eigenvalue weighted by Crippen LogP contribution is -2.20. The van der Waals surface area contributed by atoms with Gasteiger partial charge in [-0.15, -0.1) is 11.3 Å². The Kier molecular flexibility index (Phi) is 3.92. The Morgan fingerprint density at radius 3 is 2.55 bits per heavy atom. The van der Waals surface area contributed by atoms with E-state index in [1.165, 1.54) is 31.4 Å². The molecule has 0 radical (unpaired) electrons. The lowest BCUT2D eigenvalue weighted by atomic mass is 10.2. The molecule has 0 bridgehead atoms. The average Bonchev–Trinajstić information content (AvgIpc) is 3.10. The number of rotatable bonds is 3. The first kappa shape index (κ1) is 13.4. The maximum absolute atomic E-state index is 5.18. The summed E-state index contributed by atoms with van der Waals surface area (Å²) in [7, 11) is 1.68. The summed E-state index contributed by atoms with van der Waals surface area (Å²) in [5.41, 5.74) is 2.31. The summed E-state index contributed by atoms with van der Waals surface area (Å²) in [4.78, 5) is 5.92. The molecule has 2 aromatic rings. The summed E-state index contributed by atoms with van der Waals surface area (Å²) in [6, 6.07) is 8.57. The summed E-state index contributed by atoms with van der Waals surface area (Å²) in [6.07, 6.45) is 5.25. The maximum Gasteiger partial charge on any atom is 0.190 e. The van der Waals surface area contributed by atoms with Gasteiger partial charge >= 0.3 is 0 Å². The van der Waals surface area contributed by atoms with Crippen LogP contribution < -0.4 is 9.54 Å². The second kappa shape index (κ2) is 5.83. The van der Waals surface area contributed by atoms with Gasteiger partial charge in [0.2, 0.25) is 0 Å². The monoisotopic (exact) mass is 288 g/mol. The van der Waals surface area contributed by atoms with Crippen LogP contribution in [0.1, 0.15) is 37.4 Å². The van der Waals surface area contributed by atoms with Crippen LogP contribution in [0.25, 0.3) is 0 Å². The zero-order chi connectivity index (χ0) is 13.9. The lowest BCUT2D eigenvalue weighted by Gasteiger charge is -2.13. The molecule has 0 N–H and O–H groups in total. The first-order chi connectivity index (χ1) is 9.78. The number of nitrogens with zero attached hydrogens (tertiary/aromatic N) is 2. The van der Waals surface area contributed by atoms with Gasteiger partial charge in [0.1, 0.15) is 5.75 Å². The molecule has 1 aromatic heterocycles. The number of methoxy groups -OCH3 is 1. The van der Waals surface area contributed by atoms with E-state index >= 15 is 0 Å². The highest BCUT2D eigenvalue weighted by molar-refractivity contribution is 7.07. The lowest BCUT2D eigenvalue weighted by molar-refractivity contribution is 0.415.